The largest absolute Gasteiger partial charge is 0.314 e. The van der Waals surface area contributed by atoms with E-state index in [1.165, 1.54) is 64.7 Å². The lowest BCUT2D eigenvalue weighted by atomic mass is 9.43. The maximum absolute atomic E-state index is 3.60. The van der Waals surface area contributed by atoms with Crippen LogP contribution in [0.15, 0.2) is 0 Å². The SMILES string of the molecule is CC[C@H]1CC[C@H]2[C@@H]3CCC4CCCC(N5CCNCC5)[C@]4(C)[C@H]3CC[C@]12C. The Hall–Kier alpha value is -0.0800. The second-order valence-electron chi connectivity index (χ2n) is 11.5. The molecule has 4 aliphatic carbocycles. The summed E-state index contributed by atoms with van der Waals surface area (Å²) in [6.45, 7) is 13.0. The highest BCUT2D eigenvalue weighted by Crippen LogP contribution is 2.68. The molecule has 0 aromatic rings. The van der Waals surface area contributed by atoms with E-state index in [-0.39, 0.29) is 0 Å². The maximum Gasteiger partial charge on any atom is 0.0155 e. The van der Waals surface area contributed by atoms with Crippen molar-refractivity contribution < 1.29 is 0 Å². The Labute approximate surface area is 168 Å². The summed E-state index contributed by atoms with van der Waals surface area (Å²) in [5.74, 6) is 5.14. The minimum absolute atomic E-state index is 0.601. The first kappa shape index (κ1) is 18.9. The Morgan fingerprint density at radius 2 is 1.70 bits per heavy atom. The van der Waals surface area contributed by atoms with Gasteiger partial charge in [0.2, 0.25) is 0 Å². The minimum Gasteiger partial charge on any atom is -0.314 e. The monoisotopic (exact) mass is 372 g/mol. The van der Waals surface area contributed by atoms with Crippen molar-refractivity contribution in [2.75, 3.05) is 26.2 Å². The summed E-state index contributed by atoms with van der Waals surface area (Å²) in [7, 11) is 0. The molecule has 1 saturated heterocycles. The van der Waals surface area contributed by atoms with Crippen LogP contribution in [-0.2, 0) is 0 Å². The van der Waals surface area contributed by atoms with Crippen LogP contribution in [0, 0.1) is 40.4 Å². The number of hydrogen-bond acceptors (Lipinski definition) is 2. The minimum atomic E-state index is 0.601. The molecule has 0 amide bonds. The van der Waals surface area contributed by atoms with Crippen molar-refractivity contribution in [3.63, 3.8) is 0 Å². The van der Waals surface area contributed by atoms with Crippen LogP contribution in [0.3, 0.4) is 0 Å². The number of hydrogen-bond donors (Lipinski definition) is 1. The molecule has 0 bridgehead atoms. The first-order valence-electron chi connectivity index (χ1n) is 12.5. The van der Waals surface area contributed by atoms with Crippen molar-refractivity contribution in [1.29, 1.82) is 0 Å². The third-order valence-electron chi connectivity index (χ3n) is 11.0. The lowest BCUT2D eigenvalue weighted by molar-refractivity contribution is -0.148. The molecule has 1 aliphatic heterocycles. The van der Waals surface area contributed by atoms with Gasteiger partial charge >= 0.3 is 0 Å². The Bertz CT molecular complexity index is 540. The van der Waals surface area contributed by atoms with E-state index in [1.807, 2.05) is 0 Å². The molecule has 0 aromatic carbocycles. The van der Waals surface area contributed by atoms with Gasteiger partial charge in [0.05, 0.1) is 0 Å². The Morgan fingerprint density at radius 3 is 2.48 bits per heavy atom. The van der Waals surface area contributed by atoms with Gasteiger partial charge in [-0.15, -0.1) is 0 Å². The molecular weight excluding hydrogens is 328 g/mol. The van der Waals surface area contributed by atoms with Crippen molar-refractivity contribution in [3.8, 4) is 0 Å². The number of rotatable bonds is 2. The zero-order valence-corrected chi connectivity index (χ0v) is 18.3. The number of piperazine rings is 1. The molecule has 5 aliphatic rings. The van der Waals surface area contributed by atoms with E-state index in [0.29, 0.717) is 10.8 Å². The smallest absolute Gasteiger partial charge is 0.0155 e. The van der Waals surface area contributed by atoms with Crippen LogP contribution in [0.25, 0.3) is 0 Å². The highest BCUT2D eigenvalue weighted by molar-refractivity contribution is 5.12. The zero-order valence-electron chi connectivity index (χ0n) is 18.3. The van der Waals surface area contributed by atoms with E-state index in [9.17, 15) is 0 Å². The van der Waals surface area contributed by atoms with E-state index in [0.717, 1.165) is 35.6 Å². The second-order valence-corrected chi connectivity index (χ2v) is 11.5. The third-order valence-corrected chi connectivity index (χ3v) is 11.0. The fourth-order valence-corrected chi connectivity index (χ4v) is 9.66. The molecule has 0 spiro atoms. The van der Waals surface area contributed by atoms with Gasteiger partial charge in [-0.25, -0.2) is 0 Å². The fraction of sp³-hybridized carbons (Fsp3) is 1.00. The lowest BCUT2D eigenvalue weighted by Gasteiger charge is -2.64. The summed E-state index contributed by atoms with van der Waals surface area (Å²) in [5.41, 5.74) is 1.28. The van der Waals surface area contributed by atoms with Crippen LogP contribution < -0.4 is 5.32 Å². The standard InChI is InChI=1S/C25H44N2/c1-4-18-9-11-21-20-10-8-19-6-5-7-23(27-16-14-26-15-17-27)25(19,3)22(20)12-13-24(18,21)2/h18-23,26H,4-17H2,1-3H3/t18-,19?,20-,21-,22-,23?,24+,25-/m0/s1. The predicted octanol–water partition coefficient (Wildman–Crippen LogP) is 5.33. The van der Waals surface area contributed by atoms with E-state index in [4.69, 9.17) is 0 Å². The van der Waals surface area contributed by atoms with Crippen LogP contribution in [0.5, 0.6) is 0 Å². The molecule has 0 radical (unpaired) electrons. The molecule has 1 N–H and O–H groups in total. The van der Waals surface area contributed by atoms with Crippen LogP contribution in [0.4, 0.5) is 0 Å². The topological polar surface area (TPSA) is 15.3 Å². The van der Waals surface area contributed by atoms with E-state index in [2.05, 4.69) is 31.0 Å². The Morgan fingerprint density at radius 1 is 0.889 bits per heavy atom. The first-order valence-corrected chi connectivity index (χ1v) is 12.5. The summed E-state index contributed by atoms with van der Waals surface area (Å²) in [6.07, 6.45) is 15.2. The molecular formula is C25H44N2. The first-order chi connectivity index (χ1) is 13.1. The van der Waals surface area contributed by atoms with Crippen LogP contribution in [0.2, 0.25) is 0 Å². The van der Waals surface area contributed by atoms with Gasteiger partial charge in [0, 0.05) is 32.2 Å². The lowest BCUT2D eigenvalue weighted by Crippen LogP contribution is -2.63. The average Bonchev–Trinajstić information content (AvgIpc) is 3.04. The van der Waals surface area contributed by atoms with Gasteiger partial charge in [-0.05, 0) is 91.8 Å². The molecule has 2 nitrogen and oxygen atoms in total. The summed E-state index contributed by atoms with van der Waals surface area (Å²) in [6, 6.07) is 0.874. The molecule has 5 fully saturated rings. The normalized spacial score (nSPS) is 53.4. The highest BCUT2D eigenvalue weighted by Gasteiger charge is 2.61. The van der Waals surface area contributed by atoms with Gasteiger partial charge in [-0.2, -0.15) is 0 Å². The van der Waals surface area contributed by atoms with Crippen LogP contribution in [0.1, 0.15) is 85.0 Å². The molecule has 154 valence electrons. The molecule has 1 heterocycles. The van der Waals surface area contributed by atoms with Crippen LogP contribution in [-0.4, -0.2) is 37.1 Å². The molecule has 0 aromatic heterocycles. The maximum atomic E-state index is 3.60. The molecule has 5 rings (SSSR count). The quantitative estimate of drug-likeness (QED) is 0.705. The van der Waals surface area contributed by atoms with Crippen LogP contribution >= 0.6 is 0 Å². The van der Waals surface area contributed by atoms with Crippen molar-refractivity contribution in [2.45, 2.75) is 91.0 Å². The van der Waals surface area contributed by atoms with E-state index < -0.39 is 0 Å². The second kappa shape index (κ2) is 7.01. The Balaban J connectivity index is 1.45. The van der Waals surface area contributed by atoms with E-state index >= 15 is 0 Å². The highest BCUT2D eigenvalue weighted by atomic mass is 15.2. The molecule has 27 heavy (non-hydrogen) atoms. The van der Waals surface area contributed by atoms with Gasteiger partial charge in [-0.1, -0.05) is 33.6 Å². The summed E-state index contributed by atoms with van der Waals surface area (Å²) >= 11 is 0. The molecule has 4 saturated carbocycles. The number of nitrogens with zero attached hydrogens (tertiary/aromatic N) is 1. The Kier molecular flexibility index (Phi) is 4.91. The fourth-order valence-electron chi connectivity index (χ4n) is 9.66. The summed E-state index contributed by atoms with van der Waals surface area (Å²) in [4.78, 5) is 2.93. The van der Waals surface area contributed by atoms with E-state index in [1.54, 1.807) is 25.7 Å². The van der Waals surface area contributed by atoms with Gasteiger partial charge in [0.25, 0.3) is 0 Å². The average molecular weight is 373 g/mol. The number of nitrogens with one attached hydrogen (secondary N) is 1. The summed E-state index contributed by atoms with van der Waals surface area (Å²) < 4.78 is 0. The number of fused-ring (bicyclic) bond motifs is 5. The molecule has 2 heteroatoms. The van der Waals surface area contributed by atoms with Gasteiger partial charge in [0.15, 0.2) is 0 Å². The molecule has 2 unspecified atom stereocenters. The van der Waals surface area contributed by atoms with Crippen molar-refractivity contribution >= 4 is 0 Å². The van der Waals surface area contributed by atoms with Crippen molar-refractivity contribution in [3.05, 3.63) is 0 Å². The zero-order chi connectivity index (χ0) is 18.6. The predicted molar refractivity (Wildman–Crippen MR) is 114 cm³/mol. The molecule has 8 atom stereocenters. The van der Waals surface area contributed by atoms with Crippen molar-refractivity contribution in [1.82, 2.24) is 10.2 Å². The third kappa shape index (κ3) is 2.71. The van der Waals surface area contributed by atoms with Crippen molar-refractivity contribution in [2.24, 2.45) is 40.4 Å². The van der Waals surface area contributed by atoms with Gasteiger partial charge in [0.1, 0.15) is 0 Å². The van der Waals surface area contributed by atoms with Gasteiger partial charge < -0.3 is 5.32 Å². The summed E-state index contributed by atoms with van der Waals surface area (Å²) in [5, 5.41) is 3.60. The van der Waals surface area contributed by atoms with Gasteiger partial charge in [-0.3, -0.25) is 4.90 Å².